The molecule has 0 radical (unpaired) electrons. The van der Waals surface area contributed by atoms with Gasteiger partial charge in [-0.05, 0) is 31.0 Å². The Kier molecular flexibility index (Phi) is 4.24. The summed E-state index contributed by atoms with van der Waals surface area (Å²) in [6.45, 7) is 0.442. The lowest BCUT2D eigenvalue weighted by atomic mass is 10.0. The van der Waals surface area contributed by atoms with Crippen LogP contribution in [0.3, 0.4) is 0 Å². The van der Waals surface area contributed by atoms with E-state index < -0.39 is 29.4 Å². The second kappa shape index (κ2) is 6.84. The summed E-state index contributed by atoms with van der Waals surface area (Å²) in [6.07, 6.45) is 5.09. The molecule has 10 heteroatoms. The zero-order chi connectivity index (χ0) is 20.9. The van der Waals surface area contributed by atoms with Crippen molar-refractivity contribution < 1.29 is 18.3 Å². The van der Waals surface area contributed by atoms with E-state index >= 15 is 0 Å². The molecule has 2 aromatic heterocycles. The Bertz CT molecular complexity index is 1080. The van der Waals surface area contributed by atoms with E-state index in [2.05, 4.69) is 15.3 Å². The van der Waals surface area contributed by atoms with Crippen molar-refractivity contribution in [2.24, 2.45) is 5.73 Å². The Morgan fingerprint density at radius 1 is 1.23 bits per heavy atom. The first-order chi connectivity index (χ1) is 14.4. The summed E-state index contributed by atoms with van der Waals surface area (Å²) in [7, 11) is 0. The van der Waals surface area contributed by atoms with Crippen LogP contribution in [0.1, 0.15) is 18.5 Å². The van der Waals surface area contributed by atoms with E-state index in [0.717, 1.165) is 25.0 Å². The Morgan fingerprint density at radius 3 is 2.60 bits per heavy atom. The Hall–Kier alpha value is -3.40. The highest BCUT2D eigenvalue weighted by Crippen LogP contribution is 2.42. The Morgan fingerprint density at radius 2 is 2.00 bits per heavy atom. The lowest BCUT2D eigenvalue weighted by Crippen LogP contribution is -2.26. The molecule has 0 spiro atoms. The number of nitrogens with zero attached hydrogens (tertiary/aromatic N) is 5. The minimum absolute atomic E-state index is 0.0864. The van der Waals surface area contributed by atoms with Crippen LogP contribution in [0.2, 0.25) is 0 Å². The molecule has 3 heterocycles. The highest BCUT2D eigenvalue weighted by Gasteiger charge is 2.41. The number of anilines is 1. The quantitative estimate of drug-likeness (QED) is 0.692. The number of halogens is 2. The van der Waals surface area contributed by atoms with E-state index in [9.17, 15) is 13.6 Å². The first-order valence-corrected chi connectivity index (χ1v) is 9.50. The zero-order valence-corrected chi connectivity index (χ0v) is 15.8. The van der Waals surface area contributed by atoms with Crippen LogP contribution in [0.4, 0.5) is 19.3 Å². The summed E-state index contributed by atoms with van der Waals surface area (Å²) in [6, 6.07) is 5.55. The molecule has 1 unspecified atom stereocenters. The number of hydrogen-bond donors (Lipinski definition) is 1. The van der Waals surface area contributed by atoms with E-state index in [4.69, 9.17) is 10.5 Å². The molecule has 1 aromatic carbocycles. The maximum Gasteiger partial charge on any atom is 0.414 e. The molecule has 1 atom stereocenters. The van der Waals surface area contributed by atoms with Gasteiger partial charge in [-0.3, -0.25) is 9.88 Å². The van der Waals surface area contributed by atoms with Gasteiger partial charge in [0.05, 0.1) is 41.8 Å². The van der Waals surface area contributed by atoms with E-state index in [1.807, 2.05) is 0 Å². The Labute approximate surface area is 170 Å². The van der Waals surface area contributed by atoms with E-state index in [-0.39, 0.29) is 17.8 Å². The number of pyridine rings is 1. The third-order valence-electron chi connectivity index (χ3n) is 5.43. The topological polar surface area (TPSA) is 99.2 Å². The van der Waals surface area contributed by atoms with Gasteiger partial charge in [-0.25, -0.2) is 18.3 Å². The summed E-state index contributed by atoms with van der Waals surface area (Å²) < 4.78 is 36.5. The molecule has 1 saturated carbocycles. The van der Waals surface area contributed by atoms with Crippen molar-refractivity contribution in [3.8, 4) is 11.1 Å². The molecule has 8 nitrogen and oxygen atoms in total. The highest BCUT2D eigenvalue weighted by molar-refractivity contribution is 5.90. The second-order valence-electron chi connectivity index (χ2n) is 7.61. The average molecular weight is 412 g/mol. The Balaban J connectivity index is 1.38. The molecule has 0 bridgehead atoms. The number of cyclic esters (lactones) is 1. The number of aromatic nitrogens is 4. The SMILES string of the molecule is NC1(c2ccc(-c3c(F)cc(N4CC(Cn5ccnn5)OC4=O)cc3F)cn2)CC1. The number of rotatable bonds is 5. The smallest absolute Gasteiger partial charge is 0.414 e. The molecular weight excluding hydrogens is 394 g/mol. The molecule has 1 saturated heterocycles. The van der Waals surface area contributed by atoms with E-state index in [0.29, 0.717) is 17.8 Å². The summed E-state index contributed by atoms with van der Waals surface area (Å²) >= 11 is 0. The van der Waals surface area contributed by atoms with Gasteiger partial charge in [-0.2, -0.15) is 0 Å². The third-order valence-corrected chi connectivity index (χ3v) is 5.43. The number of hydrogen-bond acceptors (Lipinski definition) is 6. The van der Waals surface area contributed by atoms with Gasteiger partial charge in [0.25, 0.3) is 0 Å². The molecule has 30 heavy (non-hydrogen) atoms. The first-order valence-electron chi connectivity index (χ1n) is 9.50. The summed E-state index contributed by atoms with van der Waals surface area (Å²) in [5.41, 5.74) is 6.58. The average Bonchev–Trinajstić information content (AvgIpc) is 3.10. The number of carbonyl (C=O) groups is 1. The van der Waals surface area contributed by atoms with Gasteiger partial charge in [0.2, 0.25) is 0 Å². The fourth-order valence-corrected chi connectivity index (χ4v) is 3.58. The number of amides is 1. The van der Waals surface area contributed by atoms with Crippen molar-refractivity contribution in [3.05, 3.63) is 60.2 Å². The summed E-state index contributed by atoms with van der Waals surface area (Å²) in [4.78, 5) is 17.7. The lowest BCUT2D eigenvalue weighted by Gasteiger charge is -2.15. The van der Waals surface area contributed by atoms with Crippen LogP contribution in [0, 0.1) is 11.6 Å². The van der Waals surface area contributed by atoms with Gasteiger partial charge in [0, 0.05) is 18.0 Å². The van der Waals surface area contributed by atoms with Gasteiger partial charge < -0.3 is 10.5 Å². The standard InChI is InChI=1S/C20H18F2N6O2/c21-15-7-13(28-11-14(30-19(28)29)10-27-6-5-25-26-27)8-16(22)18(15)12-1-2-17(24-9-12)20(23)3-4-20/h1-2,5-9,14H,3-4,10-11,23H2. The molecule has 2 fully saturated rings. The lowest BCUT2D eigenvalue weighted by molar-refractivity contribution is 0.129. The predicted octanol–water partition coefficient (Wildman–Crippen LogP) is 2.59. The van der Waals surface area contributed by atoms with Gasteiger partial charge in [-0.15, -0.1) is 5.10 Å². The first kappa shape index (κ1) is 18.6. The van der Waals surface area contributed by atoms with Gasteiger partial charge in [-0.1, -0.05) is 11.3 Å². The van der Waals surface area contributed by atoms with Gasteiger partial charge in [0.15, 0.2) is 0 Å². The number of benzene rings is 1. The van der Waals surface area contributed by atoms with E-state index in [1.165, 1.54) is 22.0 Å². The molecular formula is C20H18F2N6O2. The van der Waals surface area contributed by atoms with Crippen molar-refractivity contribution in [1.82, 2.24) is 20.0 Å². The summed E-state index contributed by atoms with van der Waals surface area (Å²) in [5, 5.41) is 7.52. The molecule has 2 aliphatic rings. The molecule has 3 aromatic rings. The predicted molar refractivity (Wildman–Crippen MR) is 102 cm³/mol. The highest BCUT2D eigenvalue weighted by atomic mass is 19.1. The van der Waals surface area contributed by atoms with Crippen molar-refractivity contribution in [2.45, 2.75) is 31.0 Å². The minimum atomic E-state index is -0.791. The van der Waals surface area contributed by atoms with E-state index in [1.54, 1.807) is 18.3 Å². The van der Waals surface area contributed by atoms with Crippen molar-refractivity contribution in [3.63, 3.8) is 0 Å². The molecule has 1 amide bonds. The van der Waals surface area contributed by atoms with Crippen molar-refractivity contribution >= 4 is 11.8 Å². The molecule has 1 aliphatic carbocycles. The second-order valence-corrected chi connectivity index (χ2v) is 7.61. The van der Waals surface area contributed by atoms with Crippen LogP contribution in [0.15, 0.2) is 42.9 Å². The van der Waals surface area contributed by atoms with Crippen molar-refractivity contribution in [1.29, 1.82) is 0 Å². The molecule has 154 valence electrons. The van der Waals surface area contributed by atoms with Crippen LogP contribution in [-0.4, -0.2) is 38.7 Å². The van der Waals surface area contributed by atoms with Crippen LogP contribution >= 0.6 is 0 Å². The number of ether oxygens (including phenoxy) is 1. The molecule has 2 N–H and O–H groups in total. The zero-order valence-electron chi connectivity index (χ0n) is 15.8. The van der Waals surface area contributed by atoms with Crippen LogP contribution in [-0.2, 0) is 16.8 Å². The number of nitrogens with two attached hydrogens (primary N) is 1. The van der Waals surface area contributed by atoms with Crippen LogP contribution < -0.4 is 10.6 Å². The fraction of sp³-hybridized carbons (Fsp3) is 0.300. The normalized spacial score (nSPS) is 19.8. The summed E-state index contributed by atoms with van der Waals surface area (Å²) in [5.74, 6) is -1.58. The maximum atomic E-state index is 14.8. The third kappa shape index (κ3) is 3.28. The minimum Gasteiger partial charge on any atom is -0.442 e. The largest absolute Gasteiger partial charge is 0.442 e. The molecule has 1 aliphatic heterocycles. The van der Waals surface area contributed by atoms with Crippen LogP contribution in [0.25, 0.3) is 11.1 Å². The maximum absolute atomic E-state index is 14.8. The van der Waals surface area contributed by atoms with Crippen molar-refractivity contribution in [2.75, 3.05) is 11.4 Å². The molecule has 5 rings (SSSR count). The van der Waals surface area contributed by atoms with Gasteiger partial charge >= 0.3 is 6.09 Å². The number of carbonyl (C=O) groups excluding carboxylic acids is 1. The van der Waals surface area contributed by atoms with Gasteiger partial charge in [0.1, 0.15) is 17.7 Å². The fourth-order valence-electron chi connectivity index (χ4n) is 3.58. The monoisotopic (exact) mass is 412 g/mol. The van der Waals surface area contributed by atoms with Crippen LogP contribution in [0.5, 0.6) is 0 Å².